The summed E-state index contributed by atoms with van der Waals surface area (Å²) < 4.78 is 14.2. The summed E-state index contributed by atoms with van der Waals surface area (Å²) in [4.78, 5) is 4.63. The van der Waals surface area contributed by atoms with E-state index < -0.39 is 0 Å². The summed E-state index contributed by atoms with van der Waals surface area (Å²) in [6.07, 6.45) is 4.88. The molecule has 1 aromatic heterocycles. The molecule has 1 fully saturated rings. The molecule has 0 bridgehead atoms. The summed E-state index contributed by atoms with van der Waals surface area (Å²) in [7, 11) is 0. The Bertz CT molecular complexity index is 630. The van der Waals surface area contributed by atoms with Crippen molar-refractivity contribution in [2.75, 3.05) is 11.9 Å². The van der Waals surface area contributed by atoms with Crippen molar-refractivity contribution < 1.29 is 4.39 Å². The van der Waals surface area contributed by atoms with Crippen LogP contribution in [0.25, 0.3) is 10.9 Å². The van der Waals surface area contributed by atoms with Gasteiger partial charge in [-0.25, -0.2) is 9.37 Å². The summed E-state index contributed by atoms with van der Waals surface area (Å²) in [6.45, 7) is 4.82. The standard InChI is InChI=1S/C17H21FN2/c1-3-19-16-10-15(12-6-4-5-7-12)20-17-13(16)8-11(2)9-14(17)18/h8-10,12H,3-7H2,1-2H3,(H,19,20). The Labute approximate surface area is 119 Å². The van der Waals surface area contributed by atoms with Crippen LogP contribution in [0.4, 0.5) is 10.1 Å². The third-order valence-electron chi connectivity index (χ3n) is 4.17. The van der Waals surface area contributed by atoms with Crippen molar-refractivity contribution >= 4 is 16.6 Å². The van der Waals surface area contributed by atoms with Crippen molar-refractivity contribution in [1.82, 2.24) is 4.98 Å². The Morgan fingerprint density at radius 2 is 2.00 bits per heavy atom. The average Bonchev–Trinajstić information content (AvgIpc) is 2.93. The number of rotatable bonds is 3. The molecule has 2 aromatic rings. The monoisotopic (exact) mass is 272 g/mol. The van der Waals surface area contributed by atoms with Gasteiger partial charge >= 0.3 is 0 Å². The molecule has 1 aromatic carbocycles. The van der Waals surface area contributed by atoms with Gasteiger partial charge in [0.2, 0.25) is 0 Å². The van der Waals surface area contributed by atoms with Crippen LogP contribution in [-0.4, -0.2) is 11.5 Å². The molecule has 0 amide bonds. The first-order valence-corrected chi connectivity index (χ1v) is 7.53. The van der Waals surface area contributed by atoms with E-state index in [-0.39, 0.29) is 5.82 Å². The van der Waals surface area contributed by atoms with Crippen LogP contribution in [0.5, 0.6) is 0 Å². The zero-order valence-electron chi connectivity index (χ0n) is 12.2. The minimum atomic E-state index is -0.209. The second-order valence-corrected chi connectivity index (χ2v) is 5.75. The molecule has 3 rings (SSSR count). The maximum Gasteiger partial charge on any atom is 0.149 e. The number of fused-ring (bicyclic) bond motifs is 1. The van der Waals surface area contributed by atoms with Crippen LogP contribution in [-0.2, 0) is 0 Å². The van der Waals surface area contributed by atoms with E-state index in [1.54, 1.807) is 6.07 Å². The molecular weight excluding hydrogens is 251 g/mol. The molecule has 1 aliphatic rings. The summed E-state index contributed by atoms with van der Waals surface area (Å²) in [5, 5.41) is 4.26. The highest BCUT2D eigenvalue weighted by molar-refractivity contribution is 5.92. The maximum absolute atomic E-state index is 14.2. The first kappa shape index (κ1) is 13.3. The summed E-state index contributed by atoms with van der Waals surface area (Å²) in [5.41, 5.74) is 3.51. The van der Waals surface area contributed by atoms with Crippen LogP contribution < -0.4 is 5.32 Å². The number of hydrogen-bond donors (Lipinski definition) is 1. The van der Waals surface area contributed by atoms with Crippen LogP contribution in [0.15, 0.2) is 18.2 Å². The lowest BCUT2D eigenvalue weighted by Gasteiger charge is -2.15. The summed E-state index contributed by atoms with van der Waals surface area (Å²) >= 11 is 0. The Balaban J connectivity index is 2.19. The summed E-state index contributed by atoms with van der Waals surface area (Å²) in [5.74, 6) is 0.288. The van der Waals surface area contributed by atoms with Crippen LogP contribution in [0.1, 0.15) is 49.8 Å². The first-order chi connectivity index (χ1) is 9.69. The highest BCUT2D eigenvalue weighted by Crippen LogP contribution is 2.36. The van der Waals surface area contributed by atoms with E-state index in [0.717, 1.165) is 28.9 Å². The molecule has 2 nitrogen and oxygen atoms in total. The van der Waals surface area contributed by atoms with Gasteiger partial charge in [-0.15, -0.1) is 0 Å². The predicted molar refractivity (Wildman–Crippen MR) is 81.8 cm³/mol. The van der Waals surface area contributed by atoms with Gasteiger partial charge in [0.25, 0.3) is 0 Å². The molecule has 1 saturated carbocycles. The van der Waals surface area contributed by atoms with E-state index in [1.807, 2.05) is 13.0 Å². The molecule has 0 aliphatic heterocycles. The number of benzene rings is 1. The Morgan fingerprint density at radius 3 is 2.70 bits per heavy atom. The normalized spacial score (nSPS) is 15.9. The molecule has 1 heterocycles. The number of aryl methyl sites for hydroxylation is 1. The number of anilines is 1. The fourth-order valence-electron chi connectivity index (χ4n) is 3.21. The van der Waals surface area contributed by atoms with E-state index in [9.17, 15) is 4.39 Å². The fraction of sp³-hybridized carbons (Fsp3) is 0.471. The first-order valence-electron chi connectivity index (χ1n) is 7.53. The van der Waals surface area contributed by atoms with Gasteiger partial charge in [-0.2, -0.15) is 0 Å². The molecule has 1 aliphatic carbocycles. The fourth-order valence-corrected chi connectivity index (χ4v) is 3.21. The lowest BCUT2D eigenvalue weighted by Crippen LogP contribution is -2.04. The van der Waals surface area contributed by atoms with Crippen molar-refractivity contribution in [2.24, 2.45) is 0 Å². The third kappa shape index (κ3) is 2.37. The van der Waals surface area contributed by atoms with Gasteiger partial charge in [-0.1, -0.05) is 12.8 Å². The molecule has 106 valence electrons. The Kier molecular flexibility index (Phi) is 3.60. The third-order valence-corrected chi connectivity index (χ3v) is 4.17. The molecule has 0 spiro atoms. The largest absolute Gasteiger partial charge is 0.385 e. The smallest absolute Gasteiger partial charge is 0.149 e. The molecule has 0 unspecified atom stereocenters. The number of hydrogen-bond acceptors (Lipinski definition) is 2. The molecule has 0 radical (unpaired) electrons. The highest BCUT2D eigenvalue weighted by atomic mass is 19.1. The molecule has 0 atom stereocenters. The topological polar surface area (TPSA) is 24.9 Å². The van der Waals surface area contributed by atoms with Gasteiger partial charge < -0.3 is 5.32 Å². The number of halogens is 1. The van der Waals surface area contributed by atoms with Crippen molar-refractivity contribution in [3.63, 3.8) is 0 Å². The van der Waals surface area contributed by atoms with E-state index in [4.69, 9.17) is 0 Å². The molecule has 1 N–H and O–H groups in total. The summed E-state index contributed by atoms with van der Waals surface area (Å²) in [6, 6.07) is 5.71. The minimum Gasteiger partial charge on any atom is -0.385 e. The SMILES string of the molecule is CCNc1cc(C2CCCC2)nc2c(F)cc(C)cc12. The van der Waals surface area contributed by atoms with E-state index in [0.29, 0.717) is 11.4 Å². The average molecular weight is 272 g/mol. The molecule has 3 heteroatoms. The number of nitrogens with zero attached hydrogens (tertiary/aromatic N) is 1. The lowest BCUT2D eigenvalue weighted by atomic mass is 10.0. The number of aromatic nitrogens is 1. The molecule has 20 heavy (non-hydrogen) atoms. The zero-order valence-corrected chi connectivity index (χ0v) is 12.2. The van der Waals surface area contributed by atoms with E-state index >= 15 is 0 Å². The van der Waals surface area contributed by atoms with Gasteiger partial charge in [0.05, 0.1) is 0 Å². The lowest BCUT2D eigenvalue weighted by molar-refractivity contribution is 0.632. The van der Waals surface area contributed by atoms with Crippen molar-refractivity contribution in [3.8, 4) is 0 Å². The predicted octanol–water partition coefficient (Wildman–Crippen LogP) is 4.77. The van der Waals surface area contributed by atoms with Crippen LogP contribution in [0, 0.1) is 12.7 Å². The van der Waals surface area contributed by atoms with Crippen LogP contribution in [0.3, 0.4) is 0 Å². The van der Waals surface area contributed by atoms with Crippen molar-refractivity contribution in [1.29, 1.82) is 0 Å². The van der Waals surface area contributed by atoms with Gasteiger partial charge in [-0.05, 0) is 50.5 Å². The quantitative estimate of drug-likeness (QED) is 0.870. The van der Waals surface area contributed by atoms with Gasteiger partial charge in [0.1, 0.15) is 11.3 Å². The van der Waals surface area contributed by atoms with Crippen molar-refractivity contribution in [3.05, 3.63) is 35.3 Å². The van der Waals surface area contributed by atoms with Gasteiger partial charge in [-0.3, -0.25) is 0 Å². The highest BCUT2D eigenvalue weighted by Gasteiger charge is 2.20. The molecular formula is C17H21FN2. The van der Waals surface area contributed by atoms with Crippen LogP contribution in [0.2, 0.25) is 0 Å². The number of nitrogens with one attached hydrogen (secondary N) is 1. The zero-order chi connectivity index (χ0) is 14.1. The second-order valence-electron chi connectivity index (χ2n) is 5.75. The second kappa shape index (κ2) is 5.39. The minimum absolute atomic E-state index is 0.209. The van der Waals surface area contributed by atoms with E-state index in [2.05, 4.69) is 23.3 Å². The van der Waals surface area contributed by atoms with Crippen LogP contribution >= 0.6 is 0 Å². The Hall–Kier alpha value is -1.64. The van der Waals surface area contributed by atoms with E-state index in [1.165, 1.54) is 25.7 Å². The maximum atomic E-state index is 14.2. The molecule has 0 saturated heterocycles. The van der Waals surface area contributed by atoms with Gasteiger partial charge in [0.15, 0.2) is 0 Å². The van der Waals surface area contributed by atoms with Crippen molar-refractivity contribution in [2.45, 2.75) is 45.4 Å². The Morgan fingerprint density at radius 1 is 1.25 bits per heavy atom. The number of pyridine rings is 1. The van der Waals surface area contributed by atoms with Gasteiger partial charge in [0, 0.05) is 29.2 Å².